The van der Waals surface area contributed by atoms with Gasteiger partial charge in [-0.25, -0.2) is 0 Å². The number of hydrogen-bond acceptors (Lipinski definition) is 4. The average Bonchev–Trinajstić information content (AvgIpc) is 3.07. The molecule has 1 atom stereocenters. The van der Waals surface area contributed by atoms with E-state index in [4.69, 9.17) is 5.73 Å². The maximum Gasteiger partial charge on any atom is 0.194 e. The summed E-state index contributed by atoms with van der Waals surface area (Å²) in [6, 6.07) is 8.71. The minimum atomic E-state index is 0.209. The summed E-state index contributed by atoms with van der Waals surface area (Å²) < 4.78 is 2.15. The molecule has 0 aliphatic carbocycles. The van der Waals surface area contributed by atoms with Crippen LogP contribution in [0.25, 0.3) is 10.9 Å². The minimum absolute atomic E-state index is 0.209. The molecule has 6 nitrogen and oxygen atoms in total. The molecule has 2 aromatic heterocycles. The van der Waals surface area contributed by atoms with Crippen molar-refractivity contribution < 1.29 is 0 Å². The SMILES string of the molecule is CCC(N)Cc1cccc2c1ccn2Cc1nnn(C)n1. The fourth-order valence-corrected chi connectivity index (χ4v) is 2.57. The van der Waals surface area contributed by atoms with E-state index in [0.29, 0.717) is 12.4 Å². The lowest BCUT2D eigenvalue weighted by atomic mass is 10.0. The van der Waals surface area contributed by atoms with E-state index < -0.39 is 0 Å². The summed E-state index contributed by atoms with van der Waals surface area (Å²) in [5.41, 5.74) is 8.57. The molecule has 0 spiro atoms. The van der Waals surface area contributed by atoms with Crippen molar-refractivity contribution in [2.24, 2.45) is 12.8 Å². The second-order valence-electron chi connectivity index (χ2n) is 5.36. The smallest absolute Gasteiger partial charge is 0.194 e. The van der Waals surface area contributed by atoms with Crippen LogP contribution in [0.2, 0.25) is 0 Å². The van der Waals surface area contributed by atoms with Crippen molar-refractivity contribution in [3.8, 4) is 0 Å². The summed E-state index contributed by atoms with van der Waals surface area (Å²) in [5, 5.41) is 13.4. The van der Waals surface area contributed by atoms with Gasteiger partial charge in [-0.2, -0.15) is 4.80 Å². The number of nitrogens with two attached hydrogens (primary N) is 1. The Balaban J connectivity index is 1.93. The molecule has 0 bridgehead atoms. The van der Waals surface area contributed by atoms with Crippen LogP contribution in [0.15, 0.2) is 30.5 Å². The van der Waals surface area contributed by atoms with E-state index in [9.17, 15) is 0 Å². The fourth-order valence-electron chi connectivity index (χ4n) is 2.57. The molecule has 0 aliphatic rings. The highest BCUT2D eigenvalue weighted by Gasteiger charge is 2.10. The number of fused-ring (bicyclic) bond motifs is 1. The van der Waals surface area contributed by atoms with Gasteiger partial charge in [-0.15, -0.1) is 10.2 Å². The highest BCUT2D eigenvalue weighted by Crippen LogP contribution is 2.22. The van der Waals surface area contributed by atoms with Gasteiger partial charge in [0.25, 0.3) is 0 Å². The standard InChI is InChI=1S/C15H20N6/c1-3-12(16)9-11-5-4-6-14-13(11)7-8-21(14)10-15-17-19-20(2)18-15/h4-8,12H,3,9-10,16H2,1-2H3. The molecule has 1 aromatic carbocycles. The topological polar surface area (TPSA) is 74.6 Å². The van der Waals surface area contributed by atoms with Gasteiger partial charge in [0.05, 0.1) is 13.6 Å². The molecular weight excluding hydrogens is 264 g/mol. The predicted molar refractivity (Wildman–Crippen MR) is 81.8 cm³/mol. The molecule has 0 saturated carbocycles. The van der Waals surface area contributed by atoms with Crippen LogP contribution < -0.4 is 5.73 Å². The molecule has 3 rings (SSSR count). The molecule has 0 saturated heterocycles. The molecule has 6 heteroatoms. The monoisotopic (exact) mass is 284 g/mol. The lowest BCUT2D eigenvalue weighted by Gasteiger charge is -2.10. The summed E-state index contributed by atoms with van der Waals surface area (Å²) in [4.78, 5) is 1.48. The van der Waals surface area contributed by atoms with Crippen molar-refractivity contribution in [3.05, 3.63) is 41.9 Å². The molecule has 2 N–H and O–H groups in total. The minimum Gasteiger partial charge on any atom is -0.340 e. The molecular formula is C15H20N6. The molecule has 0 radical (unpaired) electrons. The second kappa shape index (κ2) is 5.65. The molecule has 21 heavy (non-hydrogen) atoms. The highest BCUT2D eigenvalue weighted by atomic mass is 15.6. The van der Waals surface area contributed by atoms with E-state index >= 15 is 0 Å². The zero-order valence-electron chi connectivity index (χ0n) is 12.4. The zero-order chi connectivity index (χ0) is 14.8. The molecule has 0 fully saturated rings. The summed E-state index contributed by atoms with van der Waals surface area (Å²) in [6.45, 7) is 2.75. The van der Waals surface area contributed by atoms with Gasteiger partial charge >= 0.3 is 0 Å². The van der Waals surface area contributed by atoms with Gasteiger partial charge in [0.15, 0.2) is 5.82 Å². The first-order chi connectivity index (χ1) is 10.2. The summed E-state index contributed by atoms with van der Waals surface area (Å²) in [7, 11) is 1.77. The maximum atomic E-state index is 6.09. The van der Waals surface area contributed by atoms with E-state index in [1.54, 1.807) is 7.05 Å². The highest BCUT2D eigenvalue weighted by molar-refractivity contribution is 5.83. The second-order valence-corrected chi connectivity index (χ2v) is 5.36. The van der Waals surface area contributed by atoms with Crippen LogP contribution >= 0.6 is 0 Å². The Hall–Kier alpha value is -2.21. The van der Waals surface area contributed by atoms with Gasteiger partial charge < -0.3 is 10.3 Å². The molecule has 0 aliphatic heterocycles. The Morgan fingerprint density at radius 1 is 1.29 bits per heavy atom. The van der Waals surface area contributed by atoms with Crippen LogP contribution in [0.5, 0.6) is 0 Å². The first kappa shape index (κ1) is 13.8. The van der Waals surface area contributed by atoms with Crippen molar-refractivity contribution in [2.45, 2.75) is 32.4 Å². The number of nitrogens with zero attached hydrogens (tertiary/aromatic N) is 5. The number of hydrogen-bond donors (Lipinski definition) is 1. The third-order valence-corrected chi connectivity index (χ3v) is 3.77. The number of rotatable bonds is 5. The molecule has 1 unspecified atom stereocenters. The molecule has 3 aromatic rings. The third kappa shape index (κ3) is 2.80. The van der Waals surface area contributed by atoms with Crippen LogP contribution in [-0.4, -0.2) is 30.8 Å². The van der Waals surface area contributed by atoms with Crippen molar-refractivity contribution in [1.29, 1.82) is 0 Å². The number of aryl methyl sites for hydroxylation is 1. The van der Waals surface area contributed by atoms with Crippen LogP contribution in [-0.2, 0) is 20.0 Å². The average molecular weight is 284 g/mol. The quantitative estimate of drug-likeness (QED) is 0.770. The normalized spacial score (nSPS) is 12.9. The lowest BCUT2D eigenvalue weighted by Crippen LogP contribution is -2.21. The van der Waals surface area contributed by atoms with Gasteiger partial charge in [0.1, 0.15) is 0 Å². The number of benzene rings is 1. The van der Waals surface area contributed by atoms with Crippen LogP contribution in [0.3, 0.4) is 0 Å². The van der Waals surface area contributed by atoms with Crippen molar-refractivity contribution in [3.63, 3.8) is 0 Å². The van der Waals surface area contributed by atoms with Crippen LogP contribution in [0.1, 0.15) is 24.7 Å². The first-order valence-corrected chi connectivity index (χ1v) is 7.22. The van der Waals surface area contributed by atoms with Gasteiger partial charge in [-0.3, -0.25) is 0 Å². The van der Waals surface area contributed by atoms with Crippen molar-refractivity contribution in [2.75, 3.05) is 0 Å². The number of aromatic nitrogens is 5. The van der Waals surface area contributed by atoms with E-state index in [-0.39, 0.29) is 6.04 Å². The zero-order valence-corrected chi connectivity index (χ0v) is 12.4. The Morgan fingerprint density at radius 2 is 2.14 bits per heavy atom. The molecule has 2 heterocycles. The van der Waals surface area contributed by atoms with Gasteiger partial charge in [-0.05, 0) is 35.8 Å². The van der Waals surface area contributed by atoms with E-state index in [0.717, 1.165) is 12.8 Å². The molecule has 0 amide bonds. The first-order valence-electron chi connectivity index (χ1n) is 7.22. The summed E-state index contributed by atoms with van der Waals surface area (Å²) >= 11 is 0. The Bertz CT molecular complexity index is 742. The van der Waals surface area contributed by atoms with Crippen LogP contribution in [0, 0.1) is 0 Å². The Kier molecular flexibility index (Phi) is 3.70. The Labute approximate surface area is 123 Å². The predicted octanol–water partition coefficient (Wildman–Crippen LogP) is 1.49. The summed E-state index contributed by atoms with van der Waals surface area (Å²) in [6.07, 6.45) is 3.96. The fraction of sp³-hybridized carbons (Fsp3) is 0.400. The van der Waals surface area contributed by atoms with E-state index in [1.807, 2.05) is 0 Å². The molecule has 110 valence electrons. The maximum absolute atomic E-state index is 6.09. The van der Waals surface area contributed by atoms with Crippen molar-refractivity contribution >= 4 is 10.9 Å². The van der Waals surface area contributed by atoms with E-state index in [2.05, 4.69) is 57.4 Å². The largest absolute Gasteiger partial charge is 0.340 e. The number of tetrazole rings is 1. The van der Waals surface area contributed by atoms with Gasteiger partial charge in [0, 0.05) is 23.1 Å². The van der Waals surface area contributed by atoms with Crippen LogP contribution in [0.4, 0.5) is 0 Å². The van der Waals surface area contributed by atoms with E-state index in [1.165, 1.54) is 21.3 Å². The van der Waals surface area contributed by atoms with Gasteiger partial charge in [-0.1, -0.05) is 19.1 Å². The lowest BCUT2D eigenvalue weighted by molar-refractivity contribution is 0.625. The summed E-state index contributed by atoms with van der Waals surface area (Å²) in [5.74, 6) is 0.714. The van der Waals surface area contributed by atoms with Crippen molar-refractivity contribution in [1.82, 2.24) is 24.8 Å². The third-order valence-electron chi connectivity index (χ3n) is 3.77. The Morgan fingerprint density at radius 3 is 2.86 bits per heavy atom. The van der Waals surface area contributed by atoms with Gasteiger partial charge in [0.2, 0.25) is 0 Å².